The molecule has 4 heteroatoms. The van der Waals surface area contributed by atoms with Crippen LogP contribution in [-0.4, -0.2) is 28.2 Å². The zero-order valence-electron chi connectivity index (χ0n) is 11.6. The van der Waals surface area contributed by atoms with Crippen molar-refractivity contribution < 1.29 is 5.11 Å². The predicted octanol–water partition coefficient (Wildman–Crippen LogP) is 2.15. The van der Waals surface area contributed by atoms with Gasteiger partial charge in [0.25, 0.3) is 0 Å². The molecule has 1 aliphatic rings. The van der Waals surface area contributed by atoms with Crippen molar-refractivity contribution in [2.75, 3.05) is 18.0 Å². The Morgan fingerprint density at radius 1 is 1.39 bits per heavy atom. The molecule has 1 fully saturated rings. The highest BCUT2D eigenvalue weighted by atomic mass is 16.3. The van der Waals surface area contributed by atoms with Crippen molar-refractivity contribution in [3.8, 4) is 0 Å². The molecular weight excluding hydrogens is 226 g/mol. The third-order valence-electron chi connectivity index (χ3n) is 4.00. The number of aromatic nitrogens is 2. The van der Waals surface area contributed by atoms with Gasteiger partial charge in [0.2, 0.25) is 5.95 Å². The van der Waals surface area contributed by atoms with Crippen LogP contribution < -0.4 is 4.90 Å². The Bertz CT molecular complexity index is 398. The van der Waals surface area contributed by atoms with E-state index < -0.39 is 0 Å². The van der Waals surface area contributed by atoms with Gasteiger partial charge in [-0.25, -0.2) is 9.97 Å². The number of anilines is 1. The highest BCUT2D eigenvalue weighted by molar-refractivity contribution is 5.33. The van der Waals surface area contributed by atoms with Gasteiger partial charge in [0.1, 0.15) is 0 Å². The average Bonchev–Trinajstić information content (AvgIpc) is 2.38. The number of hydrogen-bond donors (Lipinski definition) is 1. The van der Waals surface area contributed by atoms with Gasteiger partial charge in [0.05, 0.1) is 6.61 Å². The SMILES string of the molecule is Cc1nc(N2CCC(C(C)C)CC2)ncc1CO. The van der Waals surface area contributed by atoms with Gasteiger partial charge in [0.15, 0.2) is 0 Å². The Hall–Kier alpha value is -1.16. The molecule has 1 N–H and O–H groups in total. The van der Waals surface area contributed by atoms with Gasteiger partial charge < -0.3 is 10.0 Å². The highest BCUT2D eigenvalue weighted by Gasteiger charge is 2.23. The van der Waals surface area contributed by atoms with Gasteiger partial charge in [-0.1, -0.05) is 13.8 Å². The maximum absolute atomic E-state index is 9.12. The summed E-state index contributed by atoms with van der Waals surface area (Å²) in [7, 11) is 0. The van der Waals surface area contributed by atoms with Crippen molar-refractivity contribution in [2.24, 2.45) is 11.8 Å². The molecule has 0 unspecified atom stereocenters. The lowest BCUT2D eigenvalue weighted by Crippen LogP contribution is -2.36. The maximum atomic E-state index is 9.12. The average molecular weight is 249 g/mol. The Kier molecular flexibility index (Phi) is 4.17. The molecule has 1 aromatic heterocycles. The summed E-state index contributed by atoms with van der Waals surface area (Å²) in [5.41, 5.74) is 1.70. The molecule has 2 rings (SSSR count). The summed E-state index contributed by atoms with van der Waals surface area (Å²) in [4.78, 5) is 11.1. The Morgan fingerprint density at radius 3 is 2.56 bits per heavy atom. The Morgan fingerprint density at radius 2 is 2.06 bits per heavy atom. The zero-order valence-corrected chi connectivity index (χ0v) is 11.6. The van der Waals surface area contributed by atoms with Gasteiger partial charge in [-0.15, -0.1) is 0 Å². The molecule has 0 saturated carbocycles. The molecule has 0 spiro atoms. The van der Waals surface area contributed by atoms with E-state index in [0.717, 1.165) is 42.1 Å². The fourth-order valence-corrected chi connectivity index (χ4v) is 2.55. The van der Waals surface area contributed by atoms with E-state index in [2.05, 4.69) is 28.7 Å². The van der Waals surface area contributed by atoms with E-state index >= 15 is 0 Å². The first kappa shape index (κ1) is 13.3. The van der Waals surface area contributed by atoms with E-state index in [1.54, 1.807) is 6.20 Å². The maximum Gasteiger partial charge on any atom is 0.225 e. The number of rotatable bonds is 3. The van der Waals surface area contributed by atoms with E-state index in [-0.39, 0.29) is 6.61 Å². The summed E-state index contributed by atoms with van der Waals surface area (Å²) in [5, 5.41) is 9.12. The smallest absolute Gasteiger partial charge is 0.225 e. The minimum absolute atomic E-state index is 0.0154. The molecule has 2 heterocycles. The normalized spacial score (nSPS) is 17.5. The monoisotopic (exact) mass is 249 g/mol. The lowest BCUT2D eigenvalue weighted by atomic mass is 9.87. The molecule has 100 valence electrons. The standard InChI is InChI=1S/C14H23N3O/c1-10(2)12-4-6-17(7-5-12)14-15-8-13(9-18)11(3)16-14/h8,10,12,18H,4-7,9H2,1-3H3. The fourth-order valence-electron chi connectivity index (χ4n) is 2.55. The molecule has 4 nitrogen and oxygen atoms in total. The molecule has 0 aliphatic carbocycles. The van der Waals surface area contributed by atoms with Gasteiger partial charge in [-0.05, 0) is 31.6 Å². The van der Waals surface area contributed by atoms with E-state index in [1.807, 2.05) is 6.92 Å². The molecule has 0 radical (unpaired) electrons. The van der Waals surface area contributed by atoms with E-state index in [0.29, 0.717) is 0 Å². The highest BCUT2D eigenvalue weighted by Crippen LogP contribution is 2.26. The Labute approximate surface area is 109 Å². The van der Waals surface area contributed by atoms with E-state index in [1.165, 1.54) is 12.8 Å². The quantitative estimate of drug-likeness (QED) is 0.891. The molecule has 1 saturated heterocycles. The minimum atomic E-state index is 0.0154. The van der Waals surface area contributed by atoms with Crippen LogP contribution in [0.25, 0.3) is 0 Å². The van der Waals surface area contributed by atoms with Crippen molar-refractivity contribution in [1.29, 1.82) is 0 Å². The van der Waals surface area contributed by atoms with Gasteiger partial charge in [0, 0.05) is 30.5 Å². The molecule has 1 aromatic rings. The van der Waals surface area contributed by atoms with Crippen LogP contribution in [0.3, 0.4) is 0 Å². The second-order valence-corrected chi connectivity index (χ2v) is 5.51. The number of piperidine rings is 1. The summed E-state index contributed by atoms with van der Waals surface area (Å²) in [5.74, 6) is 2.41. The number of hydrogen-bond acceptors (Lipinski definition) is 4. The summed E-state index contributed by atoms with van der Waals surface area (Å²) < 4.78 is 0. The summed E-state index contributed by atoms with van der Waals surface area (Å²) in [6.07, 6.45) is 4.19. The molecule has 1 aliphatic heterocycles. The first-order valence-electron chi connectivity index (χ1n) is 6.80. The van der Waals surface area contributed by atoms with Crippen LogP contribution in [0.2, 0.25) is 0 Å². The molecular formula is C14H23N3O. The Balaban J connectivity index is 2.03. The zero-order chi connectivity index (χ0) is 13.1. The number of nitrogens with zero attached hydrogens (tertiary/aromatic N) is 3. The van der Waals surface area contributed by atoms with Crippen molar-refractivity contribution in [1.82, 2.24) is 9.97 Å². The number of aliphatic hydroxyl groups is 1. The largest absolute Gasteiger partial charge is 0.392 e. The van der Waals surface area contributed by atoms with Gasteiger partial charge in [-0.2, -0.15) is 0 Å². The summed E-state index contributed by atoms with van der Waals surface area (Å²) in [6, 6.07) is 0. The summed E-state index contributed by atoms with van der Waals surface area (Å²) in [6.45, 7) is 8.63. The van der Waals surface area contributed by atoms with Crippen molar-refractivity contribution in [3.63, 3.8) is 0 Å². The fraction of sp³-hybridized carbons (Fsp3) is 0.714. The van der Waals surface area contributed by atoms with Crippen LogP contribution in [0.1, 0.15) is 37.9 Å². The van der Waals surface area contributed by atoms with Crippen LogP contribution in [0.5, 0.6) is 0 Å². The van der Waals surface area contributed by atoms with Crippen LogP contribution >= 0.6 is 0 Å². The minimum Gasteiger partial charge on any atom is -0.392 e. The lowest BCUT2D eigenvalue weighted by molar-refractivity contribution is 0.279. The van der Waals surface area contributed by atoms with Crippen molar-refractivity contribution in [2.45, 2.75) is 40.2 Å². The molecule has 0 bridgehead atoms. The molecule has 18 heavy (non-hydrogen) atoms. The second kappa shape index (κ2) is 5.65. The van der Waals surface area contributed by atoms with Gasteiger partial charge in [-0.3, -0.25) is 0 Å². The topological polar surface area (TPSA) is 49.2 Å². The van der Waals surface area contributed by atoms with Crippen LogP contribution in [0.15, 0.2) is 6.20 Å². The molecule has 0 amide bonds. The first-order chi connectivity index (χ1) is 8.61. The van der Waals surface area contributed by atoms with Crippen LogP contribution in [0, 0.1) is 18.8 Å². The third kappa shape index (κ3) is 2.80. The second-order valence-electron chi connectivity index (χ2n) is 5.51. The van der Waals surface area contributed by atoms with Gasteiger partial charge >= 0.3 is 0 Å². The predicted molar refractivity (Wildman–Crippen MR) is 72.5 cm³/mol. The molecule has 0 atom stereocenters. The first-order valence-corrected chi connectivity index (χ1v) is 6.80. The molecule has 0 aromatic carbocycles. The summed E-state index contributed by atoms with van der Waals surface area (Å²) >= 11 is 0. The van der Waals surface area contributed by atoms with E-state index in [9.17, 15) is 0 Å². The van der Waals surface area contributed by atoms with Crippen molar-refractivity contribution >= 4 is 5.95 Å². The lowest BCUT2D eigenvalue weighted by Gasteiger charge is -2.34. The van der Waals surface area contributed by atoms with E-state index in [4.69, 9.17) is 5.11 Å². The van der Waals surface area contributed by atoms with Crippen LogP contribution in [-0.2, 0) is 6.61 Å². The number of aryl methyl sites for hydroxylation is 1. The third-order valence-corrected chi connectivity index (χ3v) is 4.00. The number of aliphatic hydroxyl groups excluding tert-OH is 1. The van der Waals surface area contributed by atoms with Crippen molar-refractivity contribution in [3.05, 3.63) is 17.5 Å². The van der Waals surface area contributed by atoms with Crippen LogP contribution in [0.4, 0.5) is 5.95 Å².